The fourth-order valence-electron chi connectivity index (χ4n) is 2.33. The Bertz CT molecular complexity index is 833. The van der Waals surface area contributed by atoms with Crippen molar-refractivity contribution in [2.45, 2.75) is 37.6 Å². The van der Waals surface area contributed by atoms with E-state index in [2.05, 4.69) is 12.2 Å². The standard InChI is InChI=1S/C19H24N2O4S/c1-2-3-11-25-17-6-4-5-16(12-17)14-21-19(22)13-15-7-9-18(10-8-15)26(20,23)24/h4-10,12H,2-3,11,13-14H2,1H3,(H,21,22)(H2,20,23,24). The van der Waals surface area contributed by atoms with Crippen molar-refractivity contribution in [3.05, 3.63) is 59.7 Å². The Labute approximate surface area is 154 Å². The maximum Gasteiger partial charge on any atom is 0.238 e. The number of sulfonamides is 1. The fourth-order valence-corrected chi connectivity index (χ4v) is 2.84. The summed E-state index contributed by atoms with van der Waals surface area (Å²) in [5.41, 5.74) is 1.67. The zero-order valence-corrected chi connectivity index (χ0v) is 15.6. The number of unbranched alkanes of at least 4 members (excludes halogenated alkanes) is 1. The molecular weight excluding hydrogens is 352 g/mol. The van der Waals surface area contributed by atoms with Crippen LogP contribution in [0, 0.1) is 0 Å². The Balaban J connectivity index is 1.86. The van der Waals surface area contributed by atoms with E-state index in [4.69, 9.17) is 9.88 Å². The minimum Gasteiger partial charge on any atom is -0.494 e. The van der Waals surface area contributed by atoms with Crippen LogP contribution in [0.2, 0.25) is 0 Å². The largest absolute Gasteiger partial charge is 0.494 e. The van der Waals surface area contributed by atoms with E-state index in [9.17, 15) is 13.2 Å². The van der Waals surface area contributed by atoms with Crippen molar-refractivity contribution >= 4 is 15.9 Å². The molecule has 2 rings (SSSR count). The molecule has 2 aromatic rings. The lowest BCUT2D eigenvalue weighted by atomic mass is 10.1. The van der Waals surface area contributed by atoms with Gasteiger partial charge in [-0.15, -0.1) is 0 Å². The lowest BCUT2D eigenvalue weighted by molar-refractivity contribution is -0.120. The zero-order chi connectivity index (χ0) is 19.0. The number of hydrogen-bond donors (Lipinski definition) is 2. The van der Waals surface area contributed by atoms with E-state index in [1.807, 2.05) is 24.3 Å². The summed E-state index contributed by atoms with van der Waals surface area (Å²) < 4.78 is 28.1. The molecule has 0 saturated carbocycles. The Hall–Kier alpha value is -2.38. The summed E-state index contributed by atoms with van der Waals surface area (Å²) in [5.74, 6) is 0.648. The number of hydrogen-bond acceptors (Lipinski definition) is 4. The molecule has 0 radical (unpaired) electrons. The number of carbonyl (C=O) groups excluding carboxylic acids is 1. The monoisotopic (exact) mass is 376 g/mol. The summed E-state index contributed by atoms with van der Waals surface area (Å²) in [4.78, 5) is 12.1. The second kappa shape index (κ2) is 9.35. The number of primary sulfonamides is 1. The van der Waals surface area contributed by atoms with E-state index in [1.165, 1.54) is 12.1 Å². The molecule has 2 aromatic carbocycles. The van der Waals surface area contributed by atoms with Gasteiger partial charge in [-0.1, -0.05) is 37.6 Å². The van der Waals surface area contributed by atoms with Gasteiger partial charge in [-0.3, -0.25) is 4.79 Å². The van der Waals surface area contributed by atoms with Crippen LogP contribution in [-0.2, 0) is 27.8 Å². The SMILES string of the molecule is CCCCOc1cccc(CNC(=O)Cc2ccc(S(N)(=O)=O)cc2)c1. The Morgan fingerprint density at radius 3 is 2.50 bits per heavy atom. The number of benzene rings is 2. The molecule has 0 fully saturated rings. The van der Waals surface area contributed by atoms with Crippen molar-refractivity contribution in [2.24, 2.45) is 5.14 Å². The van der Waals surface area contributed by atoms with Gasteiger partial charge >= 0.3 is 0 Å². The number of amides is 1. The third kappa shape index (κ3) is 6.50. The third-order valence-corrected chi connectivity index (χ3v) is 4.70. The second-order valence-electron chi connectivity index (χ2n) is 5.99. The summed E-state index contributed by atoms with van der Waals surface area (Å²) in [6.45, 7) is 3.19. The average Bonchev–Trinajstić information content (AvgIpc) is 2.60. The molecule has 140 valence electrons. The van der Waals surface area contributed by atoms with Crippen LogP contribution >= 0.6 is 0 Å². The van der Waals surface area contributed by atoms with Gasteiger partial charge in [-0.25, -0.2) is 13.6 Å². The topological polar surface area (TPSA) is 98.5 Å². The Kier molecular flexibility index (Phi) is 7.17. The minimum absolute atomic E-state index is 0.0292. The van der Waals surface area contributed by atoms with Crippen molar-refractivity contribution in [1.82, 2.24) is 5.32 Å². The molecule has 3 N–H and O–H groups in total. The van der Waals surface area contributed by atoms with Crippen LogP contribution in [-0.4, -0.2) is 20.9 Å². The highest BCUT2D eigenvalue weighted by atomic mass is 32.2. The molecule has 0 heterocycles. The van der Waals surface area contributed by atoms with Gasteiger partial charge in [-0.05, 0) is 41.8 Å². The van der Waals surface area contributed by atoms with Crippen LogP contribution in [0.5, 0.6) is 5.75 Å². The van der Waals surface area contributed by atoms with Crippen LogP contribution in [0.4, 0.5) is 0 Å². The van der Waals surface area contributed by atoms with Crippen LogP contribution in [0.15, 0.2) is 53.4 Å². The Morgan fingerprint density at radius 1 is 1.12 bits per heavy atom. The molecule has 0 unspecified atom stereocenters. The second-order valence-corrected chi connectivity index (χ2v) is 7.55. The van der Waals surface area contributed by atoms with Crippen molar-refractivity contribution in [3.8, 4) is 5.75 Å². The third-order valence-electron chi connectivity index (χ3n) is 3.77. The first-order valence-electron chi connectivity index (χ1n) is 8.48. The van der Waals surface area contributed by atoms with E-state index in [0.717, 1.165) is 24.2 Å². The van der Waals surface area contributed by atoms with Gasteiger partial charge in [0.15, 0.2) is 0 Å². The highest BCUT2D eigenvalue weighted by Gasteiger charge is 2.09. The zero-order valence-electron chi connectivity index (χ0n) is 14.8. The summed E-state index contributed by atoms with van der Waals surface area (Å²) in [7, 11) is -3.72. The first kappa shape index (κ1) is 19.9. The van der Waals surface area contributed by atoms with E-state index in [1.54, 1.807) is 12.1 Å². The predicted octanol–water partition coefficient (Wildman–Crippen LogP) is 2.37. The van der Waals surface area contributed by atoms with Gasteiger partial charge in [0.05, 0.1) is 17.9 Å². The fraction of sp³-hybridized carbons (Fsp3) is 0.316. The van der Waals surface area contributed by atoms with Gasteiger partial charge in [0.25, 0.3) is 0 Å². The highest BCUT2D eigenvalue weighted by Crippen LogP contribution is 2.14. The predicted molar refractivity (Wildman–Crippen MR) is 100 cm³/mol. The van der Waals surface area contributed by atoms with E-state index in [0.29, 0.717) is 18.7 Å². The van der Waals surface area contributed by atoms with Crippen LogP contribution in [0.25, 0.3) is 0 Å². The highest BCUT2D eigenvalue weighted by molar-refractivity contribution is 7.89. The number of carbonyl (C=O) groups is 1. The molecule has 0 bridgehead atoms. The molecule has 0 aliphatic rings. The molecular formula is C19H24N2O4S. The maximum atomic E-state index is 12.1. The normalized spacial score (nSPS) is 11.2. The summed E-state index contributed by atoms with van der Waals surface area (Å²) in [5, 5.41) is 7.90. The molecule has 1 amide bonds. The maximum absolute atomic E-state index is 12.1. The Morgan fingerprint density at radius 2 is 1.85 bits per heavy atom. The molecule has 26 heavy (non-hydrogen) atoms. The van der Waals surface area contributed by atoms with Gasteiger partial charge in [-0.2, -0.15) is 0 Å². The first-order valence-corrected chi connectivity index (χ1v) is 10.0. The van der Waals surface area contributed by atoms with Gasteiger partial charge in [0.1, 0.15) is 5.75 Å². The molecule has 7 heteroatoms. The van der Waals surface area contributed by atoms with Crippen molar-refractivity contribution in [2.75, 3.05) is 6.61 Å². The van der Waals surface area contributed by atoms with Crippen LogP contribution in [0.3, 0.4) is 0 Å². The molecule has 0 saturated heterocycles. The van der Waals surface area contributed by atoms with E-state index < -0.39 is 10.0 Å². The van der Waals surface area contributed by atoms with Crippen LogP contribution < -0.4 is 15.2 Å². The number of nitrogens with one attached hydrogen (secondary N) is 1. The van der Waals surface area contributed by atoms with Crippen molar-refractivity contribution < 1.29 is 17.9 Å². The molecule has 0 atom stereocenters. The van der Waals surface area contributed by atoms with Gasteiger partial charge < -0.3 is 10.1 Å². The number of ether oxygens (including phenoxy) is 1. The molecule has 0 spiro atoms. The molecule has 6 nitrogen and oxygen atoms in total. The lowest BCUT2D eigenvalue weighted by Gasteiger charge is -2.09. The lowest BCUT2D eigenvalue weighted by Crippen LogP contribution is -2.24. The van der Waals surface area contributed by atoms with E-state index >= 15 is 0 Å². The quantitative estimate of drug-likeness (QED) is 0.656. The number of rotatable bonds is 9. The van der Waals surface area contributed by atoms with Crippen molar-refractivity contribution in [1.29, 1.82) is 0 Å². The van der Waals surface area contributed by atoms with Gasteiger partial charge in [0.2, 0.25) is 15.9 Å². The summed E-state index contributed by atoms with van der Waals surface area (Å²) in [6.07, 6.45) is 2.25. The smallest absolute Gasteiger partial charge is 0.238 e. The first-order chi connectivity index (χ1) is 12.4. The summed E-state index contributed by atoms with van der Waals surface area (Å²) in [6, 6.07) is 13.6. The number of nitrogens with two attached hydrogens (primary N) is 1. The summed E-state index contributed by atoms with van der Waals surface area (Å²) >= 11 is 0. The molecule has 0 aliphatic carbocycles. The van der Waals surface area contributed by atoms with Gasteiger partial charge in [0, 0.05) is 6.54 Å². The van der Waals surface area contributed by atoms with Crippen molar-refractivity contribution in [3.63, 3.8) is 0 Å². The molecule has 0 aromatic heterocycles. The average molecular weight is 376 g/mol. The van der Waals surface area contributed by atoms with E-state index in [-0.39, 0.29) is 17.2 Å². The minimum atomic E-state index is -3.72. The molecule has 0 aliphatic heterocycles. The van der Waals surface area contributed by atoms with Crippen LogP contribution in [0.1, 0.15) is 30.9 Å².